The Balaban J connectivity index is 2.08. The van der Waals surface area contributed by atoms with Crippen molar-refractivity contribution in [3.05, 3.63) is 68.2 Å². The normalized spacial score (nSPS) is 10.2. The fraction of sp³-hybridized carbons (Fsp3) is 0.0769. The van der Waals surface area contributed by atoms with Crippen molar-refractivity contribution in [1.82, 2.24) is 0 Å². The Labute approximate surface area is 120 Å². The minimum atomic E-state index is -0.511. The van der Waals surface area contributed by atoms with Gasteiger partial charge in [-0.15, -0.1) is 0 Å². The van der Waals surface area contributed by atoms with Gasteiger partial charge in [-0.1, -0.05) is 35.3 Å². The fourth-order valence-corrected chi connectivity index (χ4v) is 2.08. The van der Waals surface area contributed by atoms with Crippen LogP contribution in [0.15, 0.2) is 42.5 Å². The second-order valence-corrected chi connectivity index (χ2v) is 4.75. The van der Waals surface area contributed by atoms with E-state index in [1.54, 1.807) is 12.1 Å². The number of anilines is 1. The maximum absolute atomic E-state index is 10.6. The second kappa shape index (κ2) is 5.91. The van der Waals surface area contributed by atoms with Crippen LogP contribution in [0.25, 0.3) is 0 Å². The maximum atomic E-state index is 10.6. The van der Waals surface area contributed by atoms with Gasteiger partial charge in [0.25, 0.3) is 5.69 Å². The van der Waals surface area contributed by atoms with Crippen LogP contribution in [0.1, 0.15) is 5.56 Å². The van der Waals surface area contributed by atoms with E-state index in [2.05, 4.69) is 5.32 Å². The summed E-state index contributed by atoms with van der Waals surface area (Å²) in [7, 11) is 0. The number of hydrogen-bond acceptors (Lipinski definition) is 3. The Morgan fingerprint density at radius 2 is 1.95 bits per heavy atom. The Morgan fingerprint density at radius 1 is 1.16 bits per heavy atom. The summed E-state index contributed by atoms with van der Waals surface area (Å²) in [6.45, 7) is 0.564. The summed E-state index contributed by atoms with van der Waals surface area (Å²) >= 11 is 11.7. The van der Waals surface area contributed by atoms with Gasteiger partial charge in [-0.2, -0.15) is 0 Å². The highest BCUT2D eigenvalue weighted by atomic mass is 35.5. The maximum Gasteiger partial charge on any atom is 0.288 e. The van der Waals surface area contributed by atoms with Gasteiger partial charge < -0.3 is 5.32 Å². The SMILES string of the molecule is O=[N+]([O-])c1ccc(NCc2cccc(Cl)c2)cc1Cl. The average molecular weight is 297 g/mol. The van der Waals surface area contributed by atoms with Gasteiger partial charge in [0.05, 0.1) is 4.92 Å². The lowest BCUT2D eigenvalue weighted by Crippen LogP contribution is -1.99. The number of benzene rings is 2. The first-order valence-electron chi connectivity index (χ1n) is 5.48. The molecule has 6 heteroatoms. The molecule has 0 radical (unpaired) electrons. The lowest BCUT2D eigenvalue weighted by molar-refractivity contribution is -0.384. The summed E-state index contributed by atoms with van der Waals surface area (Å²) in [5.41, 5.74) is 1.63. The third-order valence-electron chi connectivity index (χ3n) is 2.53. The molecule has 98 valence electrons. The van der Waals surface area contributed by atoms with Crippen molar-refractivity contribution in [3.63, 3.8) is 0 Å². The van der Waals surface area contributed by atoms with Gasteiger partial charge in [0.2, 0.25) is 0 Å². The molecular formula is C13H10Cl2N2O2. The quantitative estimate of drug-likeness (QED) is 0.667. The number of nitrogens with one attached hydrogen (secondary N) is 1. The number of hydrogen-bond donors (Lipinski definition) is 1. The van der Waals surface area contributed by atoms with Crippen LogP contribution in [-0.2, 0) is 6.54 Å². The van der Waals surface area contributed by atoms with Crippen LogP contribution in [0, 0.1) is 10.1 Å². The second-order valence-electron chi connectivity index (χ2n) is 3.91. The van der Waals surface area contributed by atoms with Crippen molar-refractivity contribution in [3.8, 4) is 0 Å². The van der Waals surface area contributed by atoms with E-state index in [4.69, 9.17) is 23.2 Å². The highest BCUT2D eigenvalue weighted by Gasteiger charge is 2.11. The van der Waals surface area contributed by atoms with E-state index in [1.165, 1.54) is 12.1 Å². The largest absolute Gasteiger partial charge is 0.381 e. The number of nitro groups is 1. The first-order valence-corrected chi connectivity index (χ1v) is 6.24. The van der Waals surface area contributed by atoms with Crippen molar-refractivity contribution in [2.75, 3.05) is 5.32 Å². The van der Waals surface area contributed by atoms with Gasteiger partial charge in [0, 0.05) is 23.3 Å². The molecule has 0 spiro atoms. The van der Waals surface area contributed by atoms with Crippen LogP contribution in [0.3, 0.4) is 0 Å². The van der Waals surface area contributed by atoms with Crippen LogP contribution in [0.5, 0.6) is 0 Å². The standard InChI is InChI=1S/C13H10Cl2N2O2/c14-10-3-1-2-9(6-10)8-16-11-4-5-13(17(18)19)12(15)7-11/h1-7,16H,8H2. The number of halogens is 2. The molecule has 0 bridgehead atoms. The molecule has 0 unspecified atom stereocenters. The van der Waals surface area contributed by atoms with Crippen molar-refractivity contribution < 1.29 is 4.92 Å². The molecule has 0 amide bonds. The van der Waals surface area contributed by atoms with Crippen molar-refractivity contribution in [1.29, 1.82) is 0 Å². The van der Waals surface area contributed by atoms with Crippen molar-refractivity contribution in [2.24, 2.45) is 0 Å². The highest BCUT2D eigenvalue weighted by Crippen LogP contribution is 2.27. The monoisotopic (exact) mass is 296 g/mol. The topological polar surface area (TPSA) is 55.2 Å². The predicted octanol–water partition coefficient (Wildman–Crippen LogP) is 4.51. The molecular weight excluding hydrogens is 287 g/mol. The van der Waals surface area contributed by atoms with E-state index in [0.717, 1.165) is 11.3 Å². The molecule has 19 heavy (non-hydrogen) atoms. The Bertz CT molecular complexity index is 617. The molecule has 0 aliphatic heterocycles. The molecule has 2 aromatic rings. The fourth-order valence-electron chi connectivity index (χ4n) is 1.62. The summed E-state index contributed by atoms with van der Waals surface area (Å²) in [6.07, 6.45) is 0. The molecule has 4 nitrogen and oxygen atoms in total. The van der Waals surface area contributed by atoms with Gasteiger partial charge in [-0.05, 0) is 29.8 Å². The molecule has 0 aliphatic rings. The Morgan fingerprint density at radius 3 is 2.58 bits per heavy atom. The van der Waals surface area contributed by atoms with Gasteiger partial charge in [0.1, 0.15) is 5.02 Å². The summed E-state index contributed by atoms with van der Waals surface area (Å²) in [5.74, 6) is 0. The van der Waals surface area contributed by atoms with Gasteiger partial charge in [0.15, 0.2) is 0 Å². The first kappa shape index (κ1) is 13.6. The molecule has 0 saturated carbocycles. The Hall–Kier alpha value is -1.78. The molecule has 0 aromatic heterocycles. The first-order chi connectivity index (χ1) is 9.06. The molecule has 0 aliphatic carbocycles. The molecule has 0 atom stereocenters. The van der Waals surface area contributed by atoms with Crippen LogP contribution < -0.4 is 5.32 Å². The molecule has 0 heterocycles. The average Bonchev–Trinajstić information content (AvgIpc) is 2.36. The third-order valence-corrected chi connectivity index (χ3v) is 3.07. The molecule has 0 saturated heterocycles. The van der Waals surface area contributed by atoms with Gasteiger partial charge in [-0.25, -0.2) is 0 Å². The van der Waals surface area contributed by atoms with E-state index in [1.807, 2.05) is 18.2 Å². The highest BCUT2D eigenvalue weighted by molar-refractivity contribution is 6.33. The molecule has 0 fully saturated rings. The molecule has 1 N–H and O–H groups in total. The zero-order chi connectivity index (χ0) is 13.8. The van der Waals surface area contributed by atoms with E-state index >= 15 is 0 Å². The minimum Gasteiger partial charge on any atom is -0.381 e. The lowest BCUT2D eigenvalue weighted by Gasteiger charge is -2.07. The molecule has 2 aromatic carbocycles. The Kier molecular flexibility index (Phi) is 4.24. The summed E-state index contributed by atoms with van der Waals surface area (Å²) in [4.78, 5) is 10.1. The van der Waals surface area contributed by atoms with Gasteiger partial charge >= 0.3 is 0 Å². The third kappa shape index (κ3) is 3.59. The van der Waals surface area contributed by atoms with E-state index in [0.29, 0.717) is 11.6 Å². The molecule has 2 rings (SSSR count). The predicted molar refractivity (Wildman–Crippen MR) is 76.9 cm³/mol. The van der Waals surface area contributed by atoms with E-state index in [-0.39, 0.29) is 10.7 Å². The van der Waals surface area contributed by atoms with E-state index < -0.39 is 4.92 Å². The zero-order valence-corrected chi connectivity index (χ0v) is 11.3. The van der Waals surface area contributed by atoms with Crippen LogP contribution in [0.2, 0.25) is 10.0 Å². The summed E-state index contributed by atoms with van der Waals surface area (Å²) in [6, 6.07) is 12.0. The van der Waals surface area contributed by atoms with Crippen LogP contribution in [-0.4, -0.2) is 4.92 Å². The van der Waals surface area contributed by atoms with Crippen molar-refractivity contribution >= 4 is 34.6 Å². The lowest BCUT2D eigenvalue weighted by atomic mass is 10.2. The summed E-state index contributed by atoms with van der Waals surface area (Å²) in [5, 5.41) is 14.5. The summed E-state index contributed by atoms with van der Waals surface area (Å²) < 4.78 is 0. The number of rotatable bonds is 4. The number of nitrogens with zero attached hydrogens (tertiary/aromatic N) is 1. The van der Waals surface area contributed by atoms with Crippen LogP contribution in [0.4, 0.5) is 11.4 Å². The zero-order valence-electron chi connectivity index (χ0n) is 9.77. The van der Waals surface area contributed by atoms with E-state index in [9.17, 15) is 10.1 Å². The van der Waals surface area contributed by atoms with Crippen LogP contribution >= 0.6 is 23.2 Å². The van der Waals surface area contributed by atoms with Crippen molar-refractivity contribution in [2.45, 2.75) is 6.54 Å². The smallest absolute Gasteiger partial charge is 0.288 e. The number of nitro benzene ring substituents is 1. The minimum absolute atomic E-state index is 0.102. The van der Waals surface area contributed by atoms with Gasteiger partial charge in [-0.3, -0.25) is 10.1 Å².